The number of nitrogens with zero attached hydrogens (tertiary/aromatic N) is 2. The zero-order chi connectivity index (χ0) is 19.3. The second-order valence-electron chi connectivity index (χ2n) is 7.32. The molecule has 28 heavy (non-hydrogen) atoms. The fourth-order valence-corrected chi connectivity index (χ4v) is 3.19. The first-order valence-electron chi connectivity index (χ1n) is 9.35. The number of guanidine groups is 1. The topological polar surface area (TPSA) is 56.7 Å². The van der Waals surface area contributed by atoms with Gasteiger partial charge >= 0.3 is 0 Å². The fourth-order valence-electron chi connectivity index (χ4n) is 3.19. The first-order chi connectivity index (χ1) is 13.0. The largest absolute Gasteiger partial charge is 0.356 e. The molecule has 0 radical (unpaired) electrons. The average Bonchev–Trinajstić information content (AvgIpc) is 3.50. The lowest BCUT2D eigenvalue weighted by atomic mass is 9.96. The van der Waals surface area contributed by atoms with E-state index in [2.05, 4.69) is 46.0 Å². The normalized spacial score (nSPS) is 14.6. The van der Waals surface area contributed by atoms with Gasteiger partial charge in [0.15, 0.2) is 5.96 Å². The highest BCUT2D eigenvalue weighted by molar-refractivity contribution is 14.0. The first kappa shape index (κ1) is 22.2. The Morgan fingerprint density at radius 1 is 1.04 bits per heavy atom. The first-order valence-corrected chi connectivity index (χ1v) is 9.35. The zero-order valence-electron chi connectivity index (χ0n) is 16.7. The van der Waals surface area contributed by atoms with E-state index in [0.717, 1.165) is 18.1 Å². The van der Waals surface area contributed by atoms with Crippen LogP contribution in [0.25, 0.3) is 0 Å². The van der Waals surface area contributed by atoms with Crippen LogP contribution in [0, 0.1) is 0 Å². The van der Waals surface area contributed by atoms with Crippen molar-refractivity contribution in [2.75, 3.05) is 27.7 Å². The van der Waals surface area contributed by atoms with Crippen molar-refractivity contribution in [2.45, 2.75) is 24.8 Å². The molecule has 1 aliphatic rings. The molecule has 1 aliphatic carbocycles. The number of nitrogens with one attached hydrogen (secondary N) is 2. The molecular weight excluding hydrogens is 463 g/mol. The van der Waals surface area contributed by atoms with E-state index < -0.39 is 0 Å². The Bertz CT molecular complexity index is 799. The molecule has 0 saturated heterocycles. The Morgan fingerprint density at radius 2 is 1.68 bits per heavy atom. The maximum absolute atomic E-state index is 12.0. The molecule has 0 bridgehead atoms. The summed E-state index contributed by atoms with van der Waals surface area (Å²) in [5, 5.41) is 6.82. The number of hydrogen-bond acceptors (Lipinski definition) is 2. The minimum atomic E-state index is 0. The molecule has 1 saturated carbocycles. The molecule has 2 N–H and O–H groups in total. The molecule has 150 valence electrons. The van der Waals surface area contributed by atoms with Gasteiger partial charge in [0.1, 0.15) is 0 Å². The molecule has 2 aromatic carbocycles. The molecule has 1 amide bonds. The SMILES string of the molecule is CN=C(NCc1ccc(C(=O)N(C)C)cc1)NCC1(c2ccccc2)CC1.I. The van der Waals surface area contributed by atoms with Crippen LogP contribution in [0.15, 0.2) is 59.6 Å². The summed E-state index contributed by atoms with van der Waals surface area (Å²) >= 11 is 0. The molecule has 0 heterocycles. The molecule has 3 rings (SSSR count). The molecule has 0 spiro atoms. The standard InChI is InChI=1S/C22H28N4O.HI/c1-23-21(25-16-22(13-14-22)19-7-5-4-6-8-19)24-15-17-9-11-18(12-10-17)20(27)26(2)3;/h4-12H,13-16H2,1-3H3,(H2,23,24,25);1H. The minimum absolute atomic E-state index is 0. The minimum Gasteiger partial charge on any atom is -0.356 e. The van der Waals surface area contributed by atoms with Crippen molar-refractivity contribution >= 4 is 35.8 Å². The van der Waals surface area contributed by atoms with Gasteiger partial charge in [-0.3, -0.25) is 9.79 Å². The van der Waals surface area contributed by atoms with Crippen LogP contribution in [0.3, 0.4) is 0 Å². The van der Waals surface area contributed by atoms with Gasteiger partial charge in [-0.1, -0.05) is 42.5 Å². The Hall–Kier alpha value is -2.09. The third-order valence-corrected chi connectivity index (χ3v) is 5.12. The molecule has 0 aromatic heterocycles. The lowest BCUT2D eigenvalue weighted by molar-refractivity contribution is 0.0827. The highest BCUT2D eigenvalue weighted by Crippen LogP contribution is 2.47. The van der Waals surface area contributed by atoms with Gasteiger partial charge in [-0.25, -0.2) is 0 Å². The van der Waals surface area contributed by atoms with Gasteiger partial charge in [-0.15, -0.1) is 24.0 Å². The molecule has 6 heteroatoms. The van der Waals surface area contributed by atoms with Crippen LogP contribution in [0.2, 0.25) is 0 Å². The lowest BCUT2D eigenvalue weighted by Crippen LogP contribution is -2.40. The van der Waals surface area contributed by atoms with E-state index in [4.69, 9.17) is 0 Å². The zero-order valence-corrected chi connectivity index (χ0v) is 19.1. The number of carbonyl (C=O) groups is 1. The van der Waals surface area contributed by atoms with Gasteiger partial charge < -0.3 is 15.5 Å². The fraction of sp³-hybridized carbons (Fsp3) is 0.364. The van der Waals surface area contributed by atoms with Gasteiger partial charge in [0, 0.05) is 45.2 Å². The molecule has 1 fully saturated rings. The van der Waals surface area contributed by atoms with Crippen molar-refractivity contribution in [1.82, 2.24) is 15.5 Å². The number of aliphatic imine (C=N–C) groups is 1. The molecular formula is C22H29IN4O. The summed E-state index contributed by atoms with van der Waals surface area (Å²) in [4.78, 5) is 17.9. The van der Waals surface area contributed by atoms with E-state index in [1.165, 1.54) is 18.4 Å². The van der Waals surface area contributed by atoms with E-state index in [1.54, 1.807) is 26.0 Å². The predicted molar refractivity (Wildman–Crippen MR) is 125 cm³/mol. The summed E-state index contributed by atoms with van der Waals surface area (Å²) in [6.45, 7) is 1.54. The highest BCUT2D eigenvalue weighted by atomic mass is 127. The van der Waals surface area contributed by atoms with Crippen molar-refractivity contribution in [3.05, 3.63) is 71.3 Å². The second kappa shape index (κ2) is 9.91. The summed E-state index contributed by atoms with van der Waals surface area (Å²) in [5.74, 6) is 0.813. The van der Waals surface area contributed by atoms with Crippen LogP contribution < -0.4 is 10.6 Å². The van der Waals surface area contributed by atoms with Crippen molar-refractivity contribution in [2.24, 2.45) is 4.99 Å². The number of carbonyl (C=O) groups excluding carboxylic acids is 1. The van der Waals surface area contributed by atoms with Crippen LogP contribution >= 0.6 is 24.0 Å². The molecule has 0 unspecified atom stereocenters. The maximum atomic E-state index is 12.0. The Morgan fingerprint density at radius 3 is 2.21 bits per heavy atom. The van der Waals surface area contributed by atoms with Crippen LogP contribution in [0.1, 0.15) is 34.3 Å². The summed E-state index contributed by atoms with van der Waals surface area (Å²) in [7, 11) is 5.31. The number of hydrogen-bond donors (Lipinski definition) is 2. The highest BCUT2D eigenvalue weighted by Gasteiger charge is 2.43. The number of amides is 1. The second-order valence-corrected chi connectivity index (χ2v) is 7.32. The van der Waals surface area contributed by atoms with Crippen molar-refractivity contribution in [3.63, 3.8) is 0 Å². The number of halogens is 1. The van der Waals surface area contributed by atoms with Gasteiger partial charge in [-0.2, -0.15) is 0 Å². The van der Waals surface area contributed by atoms with Crippen molar-refractivity contribution < 1.29 is 4.79 Å². The third-order valence-electron chi connectivity index (χ3n) is 5.12. The summed E-state index contributed by atoms with van der Waals surface area (Å²) in [5.41, 5.74) is 3.45. The van der Waals surface area contributed by atoms with E-state index in [9.17, 15) is 4.79 Å². The average molecular weight is 492 g/mol. The summed E-state index contributed by atoms with van der Waals surface area (Å²) < 4.78 is 0. The molecule has 0 atom stereocenters. The predicted octanol–water partition coefficient (Wildman–Crippen LogP) is 3.40. The van der Waals surface area contributed by atoms with Crippen molar-refractivity contribution in [1.29, 1.82) is 0 Å². The van der Waals surface area contributed by atoms with Gasteiger partial charge in [0.2, 0.25) is 0 Å². The van der Waals surface area contributed by atoms with Crippen LogP contribution in [0.5, 0.6) is 0 Å². The van der Waals surface area contributed by atoms with Crippen LogP contribution in [-0.2, 0) is 12.0 Å². The van der Waals surface area contributed by atoms with E-state index in [-0.39, 0.29) is 35.3 Å². The van der Waals surface area contributed by atoms with Gasteiger partial charge in [-0.05, 0) is 36.1 Å². The maximum Gasteiger partial charge on any atom is 0.253 e. The van der Waals surface area contributed by atoms with Crippen LogP contribution in [-0.4, -0.2) is 44.5 Å². The van der Waals surface area contributed by atoms with Gasteiger partial charge in [0.25, 0.3) is 5.91 Å². The monoisotopic (exact) mass is 492 g/mol. The Kier molecular flexibility index (Phi) is 7.86. The summed E-state index contributed by atoms with van der Waals surface area (Å²) in [6.07, 6.45) is 2.42. The number of benzene rings is 2. The Labute approximate surface area is 184 Å². The van der Waals surface area contributed by atoms with Crippen LogP contribution in [0.4, 0.5) is 0 Å². The van der Waals surface area contributed by atoms with E-state index in [0.29, 0.717) is 12.1 Å². The third kappa shape index (κ3) is 5.47. The smallest absolute Gasteiger partial charge is 0.253 e. The molecule has 2 aromatic rings. The van der Waals surface area contributed by atoms with Gasteiger partial charge in [0.05, 0.1) is 0 Å². The van der Waals surface area contributed by atoms with E-state index in [1.807, 2.05) is 24.3 Å². The molecule has 0 aliphatic heterocycles. The quantitative estimate of drug-likeness (QED) is 0.369. The lowest BCUT2D eigenvalue weighted by Gasteiger charge is -2.19. The summed E-state index contributed by atoms with van der Waals surface area (Å²) in [6, 6.07) is 18.4. The van der Waals surface area contributed by atoms with E-state index >= 15 is 0 Å². The van der Waals surface area contributed by atoms with Crippen molar-refractivity contribution in [3.8, 4) is 0 Å². The number of rotatable bonds is 6. The Balaban J connectivity index is 0.00000280. The molecule has 5 nitrogen and oxygen atoms in total.